The Bertz CT molecular complexity index is 433. The zero-order valence-corrected chi connectivity index (χ0v) is 12.4. The molecule has 1 unspecified atom stereocenters. The maximum absolute atomic E-state index is 5.66. The topological polar surface area (TPSA) is 29.3 Å². The first-order chi connectivity index (χ1) is 8.09. The first kappa shape index (κ1) is 12.8. The number of thiocarbonyl (C=S) groups is 1. The van der Waals surface area contributed by atoms with Crippen LogP contribution in [-0.2, 0) is 0 Å². The van der Waals surface area contributed by atoms with Crippen molar-refractivity contribution in [1.29, 1.82) is 0 Å². The van der Waals surface area contributed by atoms with E-state index in [1.165, 1.54) is 24.9 Å². The molecular formula is C13H17BrN2S. The van der Waals surface area contributed by atoms with E-state index in [1.807, 2.05) is 6.07 Å². The van der Waals surface area contributed by atoms with Gasteiger partial charge in [0, 0.05) is 28.3 Å². The van der Waals surface area contributed by atoms with Crippen LogP contribution < -0.4 is 10.6 Å². The highest BCUT2D eigenvalue weighted by atomic mass is 79.9. The number of nitrogens with zero attached hydrogens (tertiary/aromatic N) is 1. The van der Waals surface area contributed by atoms with Crippen LogP contribution in [-0.4, -0.2) is 17.6 Å². The van der Waals surface area contributed by atoms with Crippen LogP contribution in [0, 0.1) is 0 Å². The van der Waals surface area contributed by atoms with Crippen LogP contribution in [0.25, 0.3) is 0 Å². The van der Waals surface area contributed by atoms with Crippen molar-refractivity contribution in [2.75, 3.05) is 11.4 Å². The molecule has 0 amide bonds. The van der Waals surface area contributed by atoms with Gasteiger partial charge in [-0.2, -0.15) is 0 Å². The molecule has 0 aliphatic carbocycles. The lowest BCUT2D eigenvalue weighted by atomic mass is 10.0. The summed E-state index contributed by atoms with van der Waals surface area (Å²) in [5.41, 5.74) is 7.82. The standard InChI is InChI=1S/C13H17BrN2S/c1-9-4-2-3-7-16(9)10-5-6-11(13(15)17)12(14)8-10/h5-6,8-9H,2-4,7H2,1H3,(H2,15,17). The molecular weight excluding hydrogens is 296 g/mol. The number of rotatable bonds is 2. The van der Waals surface area contributed by atoms with E-state index >= 15 is 0 Å². The fraction of sp³-hybridized carbons (Fsp3) is 0.462. The largest absolute Gasteiger partial charge is 0.389 e. The van der Waals surface area contributed by atoms with Crippen molar-refractivity contribution < 1.29 is 0 Å². The molecule has 0 aromatic heterocycles. The summed E-state index contributed by atoms with van der Waals surface area (Å²) >= 11 is 8.55. The van der Waals surface area contributed by atoms with Crippen molar-refractivity contribution in [2.24, 2.45) is 5.73 Å². The molecule has 0 spiro atoms. The second-order valence-electron chi connectivity index (χ2n) is 4.57. The van der Waals surface area contributed by atoms with Gasteiger partial charge in [0.25, 0.3) is 0 Å². The fourth-order valence-corrected chi connectivity index (χ4v) is 3.25. The van der Waals surface area contributed by atoms with Crippen LogP contribution in [0.4, 0.5) is 5.69 Å². The summed E-state index contributed by atoms with van der Waals surface area (Å²) in [5.74, 6) is 0. The third-order valence-corrected chi connectivity index (χ3v) is 4.23. The van der Waals surface area contributed by atoms with E-state index in [1.54, 1.807) is 0 Å². The van der Waals surface area contributed by atoms with E-state index < -0.39 is 0 Å². The third-order valence-electron chi connectivity index (χ3n) is 3.35. The lowest BCUT2D eigenvalue weighted by Crippen LogP contribution is -2.37. The molecule has 17 heavy (non-hydrogen) atoms. The summed E-state index contributed by atoms with van der Waals surface area (Å²) in [7, 11) is 0. The molecule has 4 heteroatoms. The van der Waals surface area contributed by atoms with Gasteiger partial charge in [-0.25, -0.2) is 0 Å². The lowest BCUT2D eigenvalue weighted by molar-refractivity contribution is 0.485. The number of benzene rings is 1. The first-order valence-electron chi connectivity index (χ1n) is 5.95. The molecule has 1 saturated heterocycles. The lowest BCUT2D eigenvalue weighted by Gasteiger charge is -2.35. The van der Waals surface area contributed by atoms with E-state index in [0.29, 0.717) is 11.0 Å². The molecule has 0 radical (unpaired) electrons. The molecule has 92 valence electrons. The SMILES string of the molecule is CC1CCCCN1c1ccc(C(N)=S)c(Br)c1. The number of hydrogen-bond donors (Lipinski definition) is 1. The molecule has 1 atom stereocenters. The Balaban J connectivity index is 2.27. The van der Waals surface area contributed by atoms with E-state index in [9.17, 15) is 0 Å². The van der Waals surface area contributed by atoms with Gasteiger partial charge < -0.3 is 10.6 Å². The summed E-state index contributed by atoms with van der Waals surface area (Å²) in [5, 5.41) is 0. The van der Waals surface area contributed by atoms with E-state index in [0.717, 1.165) is 16.6 Å². The minimum absolute atomic E-state index is 0.440. The average Bonchev–Trinajstić information content (AvgIpc) is 2.29. The van der Waals surface area contributed by atoms with Gasteiger partial charge in [-0.3, -0.25) is 0 Å². The number of halogens is 1. The fourth-order valence-electron chi connectivity index (χ4n) is 2.36. The summed E-state index contributed by atoms with van der Waals surface area (Å²) in [6.45, 7) is 3.43. The van der Waals surface area contributed by atoms with Crippen LogP contribution >= 0.6 is 28.1 Å². The van der Waals surface area contributed by atoms with Crippen LogP contribution in [0.1, 0.15) is 31.7 Å². The minimum Gasteiger partial charge on any atom is -0.389 e. The summed E-state index contributed by atoms with van der Waals surface area (Å²) in [6, 6.07) is 6.85. The molecule has 1 aliphatic heterocycles. The maximum Gasteiger partial charge on any atom is 0.105 e. The van der Waals surface area contributed by atoms with E-state index in [-0.39, 0.29) is 0 Å². The van der Waals surface area contributed by atoms with Crippen LogP contribution in [0.2, 0.25) is 0 Å². The molecule has 0 saturated carbocycles. The molecule has 1 aromatic carbocycles. The monoisotopic (exact) mass is 312 g/mol. The molecule has 1 aromatic rings. The van der Waals surface area contributed by atoms with Gasteiger partial charge in [-0.05, 0) is 60.3 Å². The van der Waals surface area contributed by atoms with Gasteiger partial charge in [0.15, 0.2) is 0 Å². The zero-order chi connectivity index (χ0) is 12.4. The quantitative estimate of drug-likeness (QED) is 0.848. The second kappa shape index (κ2) is 5.36. The summed E-state index contributed by atoms with van der Waals surface area (Å²) < 4.78 is 0.986. The average molecular weight is 313 g/mol. The van der Waals surface area contributed by atoms with Crippen molar-refractivity contribution in [1.82, 2.24) is 0 Å². The Kier molecular flexibility index (Phi) is 4.05. The summed E-state index contributed by atoms with van der Waals surface area (Å²) in [6.07, 6.45) is 3.89. The predicted octanol–water partition coefficient (Wildman–Crippen LogP) is 3.46. The van der Waals surface area contributed by atoms with Crippen molar-refractivity contribution in [3.8, 4) is 0 Å². The van der Waals surface area contributed by atoms with Gasteiger partial charge in [0.1, 0.15) is 4.99 Å². The van der Waals surface area contributed by atoms with Gasteiger partial charge in [-0.1, -0.05) is 12.2 Å². The summed E-state index contributed by atoms with van der Waals surface area (Å²) in [4.78, 5) is 2.90. The number of nitrogens with two attached hydrogens (primary N) is 1. The molecule has 2 N–H and O–H groups in total. The van der Waals surface area contributed by atoms with E-state index in [2.05, 4.69) is 39.9 Å². The molecule has 2 rings (SSSR count). The van der Waals surface area contributed by atoms with Crippen LogP contribution in [0.5, 0.6) is 0 Å². The Hall–Kier alpha value is -0.610. The van der Waals surface area contributed by atoms with Crippen LogP contribution in [0.3, 0.4) is 0 Å². The zero-order valence-electron chi connectivity index (χ0n) is 9.95. The Morgan fingerprint density at radius 1 is 1.47 bits per heavy atom. The van der Waals surface area contributed by atoms with Gasteiger partial charge in [0.2, 0.25) is 0 Å². The Morgan fingerprint density at radius 3 is 2.82 bits per heavy atom. The van der Waals surface area contributed by atoms with Gasteiger partial charge in [-0.15, -0.1) is 0 Å². The van der Waals surface area contributed by atoms with Crippen molar-refractivity contribution in [3.63, 3.8) is 0 Å². The van der Waals surface area contributed by atoms with E-state index in [4.69, 9.17) is 18.0 Å². The third kappa shape index (κ3) is 2.80. The second-order valence-corrected chi connectivity index (χ2v) is 5.86. The highest BCUT2D eigenvalue weighted by molar-refractivity contribution is 9.10. The molecule has 1 aliphatic rings. The predicted molar refractivity (Wildman–Crippen MR) is 80.7 cm³/mol. The smallest absolute Gasteiger partial charge is 0.105 e. The molecule has 1 heterocycles. The number of anilines is 1. The molecule has 0 bridgehead atoms. The van der Waals surface area contributed by atoms with Gasteiger partial charge >= 0.3 is 0 Å². The molecule has 2 nitrogen and oxygen atoms in total. The Labute approximate surface area is 116 Å². The van der Waals surface area contributed by atoms with Crippen LogP contribution in [0.15, 0.2) is 22.7 Å². The highest BCUT2D eigenvalue weighted by Crippen LogP contribution is 2.28. The number of piperidine rings is 1. The molecule has 1 fully saturated rings. The van der Waals surface area contributed by atoms with Crippen molar-refractivity contribution in [2.45, 2.75) is 32.2 Å². The van der Waals surface area contributed by atoms with Gasteiger partial charge in [0.05, 0.1) is 0 Å². The van der Waals surface area contributed by atoms with Crippen molar-refractivity contribution >= 4 is 38.8 Å². The maximum atomic E-state index is 5.66. The number of hydrogen-bond acceptors (Lipinski definition) is 2. The highest BCUT2D eigenvalue weighted by Gasteiger charge is 2.19. The van der Waals surface area contributed by atoms with Crippen molar-refractivity contribution in [3.05, 3.63) is 28.2 Å². The minimum atomic E-state index is 0.440. The Morgan fingerprint density at radius 2 is 2.24 bits per heavy atom. The first-order valence-corrected chi connectivity index (χ1v) is 7.15. The normalized spacial score (nSPS) is 20.4.